The lowest BCUT2D eigenvalue weighted by Gasteiger charge is -2.41. The van der Waals surface area contributed by atoms with Gasteiger partial charge in [0.05, 0.1) is 6.61 Å². The molecule has 5 heteroatoms. The molecule has 1 heterocycles. The van der Waals surface area contributed by atoms with Crippen molar-refractivity contribution in [3.05, 3.63) is 0 Å². The van der Waals surface area contributed by atoms with Crippen molar-refractivity contribution >= 4 is 6.09 Å². The lowest BCUT2D eigenvalue weighted by atomic mass is 9.89. The Labute approximate surface area is 129 Å². The summed E-state index contributed by atoms with van der Waals surface area (Å²) in [5, 5.41) is 3.64. The van der Waals surface area contributed by atoms with E-state index in [0.29, 0.717) is 12.6 Å². The summed E-state index contributed by atoms with van der Waals surface area (Å²) in [6.07, 6.45) is 6.24. The molecule has 0 unspecified atom stereocenters. The van der Waals surface area contributed by atoms with Crippen LogP contribution in [-0.4, -0.2) is 67.3 Å². The van der Waals surface area contributed by atoms with E-state index in [-0.39, 0.29) is 6.09 Å². The maximum Gasteiger partial charge on any atom is 0.409 e. The Morgan fingerprint density at radius 3 is 2.33 bits per heavy atom. The van der Waals surface area contributed by atoms with Crippen LogP contribution in [0.3, 0.4) is 0 Å². The average Bonchev–Trinajstić information content (AvgIpc) is 2.54. The predicted octanol–water partition coefficient (Wildman–Crippen LogP) is 2.07. The molecule has 0 aromatic heterocycles. The third kappa shape index (κ3) is 4.85. The molecule has 1 saturated carbocycles. The highest BCUT2D eigenvalue weighted by Crippen LogP contribution is 2.24. The maximum atomic E-state index is 11.7. The van der Waals surface area contributed by atoms with Crippen molar-refractivity contribution in [1.82, 2.24) is 15.1 Å². The number of carbonyl (C=O) groups is 1. The third-order valence-electron chi connectivity index (χ3n) is 4.74. The van der Waals surface area contributed by atoms with Gasteiger partial charge in [0.2, 0.25) is 0 Å². The van der Waals surface area contributed by atoms with Gasteiger partial charge in [0.1, 0.15) is 0 Å². The molecule has 2 aliphatic rings. The van der Waals surface area contributed by atoms with Crippen LogP contribution in [0.15, 0.2) is 0 Å². The van der Waals surface area contributed by atoms with Crippen LogP contribution in [0.25, 0.3) is 0 Å². The van der Waals surface area contributed by atoms with E-state index in [1.54, 1.807) is 0 Å². The van der Waals surface area contributed by atoms with Crippen LogP contribution in [0.4, 0.5) is 4.79 Å². The van der Waals surface area contributed by atoms with Gasteiger partial charge < -0.3 is 15.0 Å². The van der Waals surface area contributed by atoms with Gasteiger partial charge in [-0.1, -0.05) is 6.92 Å². The SMILES string of the molecule is CCCNC1CCC(N2CCN(C(=O)OCC)CC2)CC1. The highest BCUT2D eigenvalue weighted by atomic mass is 16.6. The molecule has 0 radical (unpaired) electrons. The molecule has 21 heavy (non-hydrogen) atoms. The van der Waals surface area contributed by atoms with Crippen molar-refractivity contribution < 1.29 is 9.53 Å². The van der Waals surface area contributed by atoms with E-state index in [9.17, 15) is 4.79 Å². The fourth-order valence-electron chi connectivity index (χ4n) is 3.48. The maximum absolute atomic E-state index is 11.7. The van der Waals surface area contributed by atoms with Crippen molar-refractivity contribution in [2.45, 2.75) is 58.0 Å². The van der Waals surface area contributed by atoms with Gasteiger partial charge in [-0.2, -0.15) is 0 Å². The van der Waals surface area contributed by atoms with Gasteiger partial charge in [0.25, 0.3) is 0 Å². The molecule has 0 aromatic carbocycles. The molecular formula is C16H31N3O2. The molecule has 0 atom stereocenters. The van der Waals surface area contributed by atoms with Crippen LogP contribution in [0.5, 0.6) is 0 Å². The van der Waals surface area contributed by atoms with Crippen molar-refractivity contribution in [2.24, 2.45) is 0 Å². The van der Waals surface area contributed by atoms with E-state index >= 15 is 0 Å². The Balaban J connectivity index is 1.68. The monoisotopic (exact) mass is 297 g/mol. The Hall–Kier alpha value is -0.810. The zero-order chi connectivity index (χ0) is 15.1. The highest BCUT2D eigenvalue weighted by molar-refractivity contribution is 5.67. The summed E-state index contributed by atoms with van der Waals surface area (Å²) < 4.78 is 5.07. The number of piperazine rings is 1. The molecule has 5 nitrogen and oxygen atoms in total. The topological polar surface area (TPSA) is 44.8 Å². The molecule has 1 saturated heterocycles. The van der Waals surface area contributed by atoms with Crippen molar-refractivity contribution in [3.8, 4) is 0 Å². The number of rotatable bonds is 5. The number of hydrogen-bond acceptors (Lipinski definition) is 4. The van der Waals surface area contributed by atoms with Gasteiger partial charge in [0, 0.05) is 38.3 Å². The van der Waals surface area contributed by atoms with Crippen molar-refractivity contribution in [2.75, 3.05) is 39.3 Å². The van der Waals surface area contributed by atoms with E-state index in [1.165, 1.54) is 32.1 Å². The van der Waals surface area contributed by atoms with Gasteiger partial charge in [-0.05, 0) is 45.6 Å². The predicted molar refractivity (Wildman–Crippen MR) is 84.5 cm³/mol. The lowest BCUT2D eigenvalue weighted by Crippen LogP contribution is -2.53. The Kier molecular flexibility index (Phi) is 6.77. The molecule has 0 aromatic rings. The normalized spacial score (nSPS) is 27.6. The standard InChI is InChI=1S/C16H31N3O2/c1-3-9-17-14-5-7-15(8-6-14)18-10-12-19(13-11-18)16(20)21-4-2/h14-15,17H,3-13H2,1-2H3. The summed E-state index contributed by atoms with van der Waals surface area (Å²) in [6, 6.07) is 1.44. The van der Waals surface area contributed by atoms with Crippen molar-refractivity contribution in [3.63, 3.8) is 0 Å². The molecule has 1 aliphatic carbocycles. The first-order valence-electron chi connectivity index (χ1n) is 8.63. The minimum absolute atomic E-state index is 0.148. The largest absolute Gasteiger partial charge is 0.450 e. The minimum Gasteiger partial charge on any atom is -0.450 e. The first-order chi connectivity index (χ1) is 10.2. The molecule has 0 spiro atoms. The molecule has 1 amide bonds. The van der Waals surface area contributed by atoms with Crippen molar-refractivity contribution in [1.29, 1.82) is 0 Å². The van der Waals surface area contributed by atoms with Crippen LogP contribution in [0.2, 0.25) is 0 Å². The first-order valence-corrected chi connectivity index (χ1v) is 8.63. The molecule has 1 aliphatic heterocycles. The number of nitrogens with one attached hydrogen (secondary N) is 1. The molecular weight excluding hydrogens is 266 g/mol. The second-order valence-corrected chi connectivity index (χ2v) is 6.18. The Bertz CT molecular complexity index is 309. The van der Waals surface area contributed by atoms with E-state index in [2.05, 4.69) is 17.1 Å². The zero-order valence-electron chi connectivity index (χ0n) is 13.6. The zero-order valence-corrected chi connectivity index (χ0v) is 13.6. The third-order valence-corrected chi connectivity index (χ3v) is 4.74. The number of amides is 1. The molecule has 0 bridgehead atoms. The van der Waals surface area contributed by atoms with E-state index in [1.807, 2.05) is 11.8 Å². The summed E-state index contributed by atoms with van der Waals surface area (Å²) in [7, 11) is 0. The molecule has 2 rings (SSSR count). The van der Waals surface area contributed by atoms with E-state index < -0.39 is 0 Å². The summed E-state index contributed by atoms with van der Waals surface area (Å²) in [6.45, 7) is 9.31. The van der Waals surface area contributed by atoms with Gasteiger partial charge >= 0.3 is 6.09 Å². The quantitative estimate of drug-likeness (QED) is 0.844. The summed E-state index contributed by atoms with van der Waals surface area (Å²) in [4.78, 5) is 16.1. The number of ether oxygens (including phenoxy) is 1. The van der Waals surface area contributed by atoms with Crippen LogP contribution < -0.4 is 5.32 Å². The Morgan fingerprint density at radius 2 is 1.76 bits per heavy atom. The fraction of sp³-hybridized carbons (Fsp3) is 0.938. The fourth-order valence-corrected chi connectivity index (χ4v) is 3.48. The van der Waals surface area contributed by atoms with Gasteiger partial charge in [-0.15, -0.1) is 0 Å². The molecule has 122 valence electrons. The summed E-state index contributed by atoms with van der Waals surface area (Å²) >= 11 is 0. The summed E-state index contributed by atoms with van der Waals surface area (Å²) in [5.41, 5.74) is 0. The van der Waals surface area contributed by atoms with Crippen LogP contribution >= 0.6 is 0 Å². The van der Waals surface area contributed by atoms with Gasteiger partial charge in [0.15, 0.2) is 0 Å². The van der Waals surface area contributed by atoms with E-state index in [0.717, 1.165) is 38.8 Å². The second kappa shape index (κ2) is 8.59. The number of hydrogen-bond donors (Lipinski definition) is 1. The summed E-state index contributed by atoms with van der Waals surface area (Å²) in [5.74, 6) is 0. The minimum atomic E-state index is -0.148. The van der Waals surface area contributed by atoms with Crippen LogP contribution in [0.1, 0.15) is 46.0 Å². The number of nitrogens with zero attached hydrogens (tertiary/aromatic N) is 2. The van der Waals surface area contributed by atoms with Crippen LogP contribution in [0, 0.1) is 0 Å². The van der Waals surface area contributed by atoms with E-state index in [4.69, 9.17) is 4.74 Å². The van der Waals surface area contributed by atoms with Gasteiger partial charge in [-0.25, -0.2) is 4.79 Å². The van der Waals surface area contributed by atoms with Gasteiger partial charge in [-0.3, -0.25) is 4.90 Å². The highest BCUT2D eigenvalue weighted by Gasteiger charge is 2.29. The van der Waals surface area contributed by atoms with Crippen LogP contribution in [-0.2, 0) is 4.74 Å². The smallest absolute Gasteiger partial charge is 0.409 e. The average molecular weight is 297 g/mol. The molecule has 2 fully saturated rings. The molecule has 1 N–H and O–H groups in total. The Morgan fingerprint density at radius 1 is 1.10 bits per heavy atom. The lowest BCUT2D eigenvalue weighted by molar-refractivity contribution is 0.0557. The first kappa shape index (κ1) is 16.6. The second-order valence-electron chi connectivity index (χ2n) is 6.18. The number of carbonyl (C=O) groups excluding carboxylic acids is 1.